The molecule has 3 aliphatic carbocycles. The number of fused-ring (bicyclic) bond motifs is 3. The van der Waals surface area contributed by atoms with E-state index in [4.69, 9.17) is 19.4 Å². The van der Waals surface area contributed by atoms with Crippen molar-refractivity contribution >= 4 is 97.8 Å². The summed E-state index contributed by atoms with van der Waals surface area (Å²) in [7, 11) is 4.50. The maximum absolute atomic E-state index is 13.6. The van der Waals surface area contributed by atoms with Gasteiger partial charge in [0.1, 0.15) is 17.3 Å². The third kappa shape index (κ3) is 16.5. The number of esters is 1. The van der Waals surface area contributed by atoms with Crippen LogP contribution in [-0.2, 0) is 62.5 Å². The minimum Gasteiger partial charge on any atom is -0.497 e. The maximum Gasteiger partial charge on any atom is 0.337 e. The number of nitrogens with zero attached hydrogens (tertiary/aromatic N) is 1. The van der Waals surface area contributed by atoms with Gasteiger partial charge in [0.25, 0.3) is 22.6 Å². The van der Waals surface area contributed by atoms with E-state index in [0.717, 1.165) is 125 Å². The highest BCUT2D eigenvalue weighted by molar-refractivity contribution is 7.13. The lowest BCUT2D eigenvalue weighted by Gasteiger charge is -2.13. The van der Waals surface area contributed by atoms with Crippen LogP contribution >= 0.6 is 34.0 Å². The van der Waals surface area contributed by atoms with Crippen LogP contribution in [0.5, 0.6) is 11.5 Å². The largest absolute Gasteiger partial charge is 0.497 e. The maximum atomic E-state index is 13.6. The van der Waals surface area contributed by atoms with Crippen molar-refractivity contribution in [1.82, 2.24) is 0 Å². The monoisotopic (exact) mass is 1320 g/mol. The minimum atomic E-state index is -0.463. The van der Waals surface area contributed by atoms with Gasteiger partial charge in [0.05, 0.1) is 48.5 Å². The van der Waals surface area contributed by atoms with Crippen molar-refractivity contribution in [2.75, 3.05) is 37.3 Å². The zero-order valence-electron chi connectivity index (χ0n) is 52.5. The first kappa shape index (κ1) is 67.1. The van der Waals surface area contributed by atoms with Gasteiger partial charge in [-0.05, 0) is 203 Å². The summed E-state index contributed by atoms with van der Waals surface area (Å²) in [6.45, 7) is 1.97. The highest BCUT2D eigenvalue weighted by Crippen LogP contribution is 2.39. The molecule has 0 saturated heterocycles. The molecule has 9 aromatic rings. The predicted octanol–water partition coefficient (Wildman–Crippen LogP) is 16.0. The lowest BCUT2D eigenvalue weighted by molar-refractivity contribution is -0.729. The number of amides is 3. The van der Waals surface area contributed by atoms with Crippen molar-refractivity contribution in [2.24, 2.45) is 0 Å². The topological polar surface area (TPSA) is 224 Å². The second-order valence-corrected chi connectivity index (χ2v) is 26.5. The molecule has 3 amide bonds. The fourth-order valence-corrected chi connectivity index (χ4v) is 16.0. The summed E-state index contributed by atoms with van der Waals surface area (Å²) in [4.78, 5) is 107. The summed E-state index contributed by atoms with van der Waals surface area (Å²) >= 11 is 4.66. The summed E-state index contributed by atoms with van der Waals surface area (Å²) < 4.78 is 28.7. The van der Waals surface area contributed by atoms with Crippen molar-refractivity contribution in [3.8, 4) is 11.5 Å². The normalized spacial score (nSPS) is 12.7. The number of aryl methyl sites for hydroxylation is 4. The van der Waals surface area contributed by atoms with E-state index >= 15 is 0 Å². The fourth-order valence-electron chi connectivity index (χ4n) is 11.8. The standard InChI is InChI=1S/C25H22FNO4S.C25H25NO4S.C24H22N2O4S/c1-31-25(30)15-9-11-18(12-10-15)27-24(29)23-19-7-2-3-8-21(19)32-22(23)14-20(28)16-5-4-6-17(26)13-16;1-29-18-12-10-17(11-13-18)26-25(28)24-20-8-3-4-9-22(20)31-23(24)15-21(27)16-6-5-7-19(14-16)30-2;1-15-5-4-6-17(13-15)25-24(28)23-19-7-2-3-8-21(19)31-22(23)14-20(27)16-9-11-18(12-10-16)26(29)30/h4-6,9-13H,2-3,7-8,14H2,1H3,(H,27,29);5-7,10-14H,3-4,8-9,15H2,1-2H3,(H,26,28);4-6,9-13H,2-3,7-8,14H2,1H3,(H-,25,28,29,30)/p+1. The third-order valence-corrected chi connectivity index (χ3v) is 20.4. The molecule has 12 rings (SSSR count). The van der Waals surface area contributed by atoms with Crippen molar-refractivity contribution in [1.29, 1.82) is 0 Å². The molecule has 3 aromatic heterocycles. The number of anilines is 3. The van der Waals surface area contributed by atoms with Crippen LogP contribution < -0.4 is 25.4 Å². The predicted molar refractivity (Wildman–Crippen MR) is 364 cm³/mol. The van der Waals surface area contributed by atoms with Gasteiger partial charge in [0.2, 0.25) is 0 Å². The molecule has 0 spiro atoms. The SMILES string of the molecule is COC(=O)c1ccc(NC(=O)c2c(CC(=O)c3cccc(F)c3)sc3c2CCCC3)cc1.COc1ccc(NC(=O)c2c(CC(=O)c3cccc(OC)c3)sc3c2CCCC3)cc1.Cc1cccc(NC(=O)c2c(CC(=O)c3ccc([N+](=O)O)cc3)sc3c2CCCC3)c1. The molecule has 0 radical (unpaired) electrons. The molecule has 0 bridgehead atoms. The second kappa shape index (κ2) is 31.2. The molecule has 16 nitrogen and oxygen atoms in total. The molecule has 0 unspecified atom stereocenters. The molecule has 20 heteroatoms. The van der Waals surface area contributed by atoms with Gasteiger partial charge in [-0.1, -0.05) is 36.4 Å². The summed E-state index contributed by atoms with van der Waals surface area (Å²) in [6, 6.07) is 39.9. The third-order valence-electron chi connectivity index (χ3n) is 16.5. The Kier molecular flexibility index (Phi) is 22.3. The zero-order chi connectivity index (χ0) is 66.4. The summed E-state index contributed by atoms with van der Waals surface area (Å²) in [5.41, 5.74) is 9.84. The van der Waals surface area contributed by atoms with Gasteiger partial charge in [0, 0.05) is 94.4 Å². The zero-order valence-corrected chi connectivity index (χ0v) is 54.9. The summed E-state index contributed by atoms with van der Waals surface area (Å²) in [5.74, 6) is -0.520. The molecule has 3 heterocycles. The van der Waals surface area contributed by atoms with E-state index in [1.54, 1.807) is 79.4 Å². The van der Waals surface area contributed by atoms with Crippen LogP contribution in [0, 0.1) is 17.6 Å². The number of methoxy groups -OCH3 is 3. The van der Waals surface area contributed by atoms with Crippen molar-refractivity contribution < 1.29 is 62.3 Å². The first-order valence-corrected chi connectivity index (χ1v) is 33.4. The van der Waals surface area contributed by atoms with Crippen LogP contribution in [-0.4, -0.2) is 72.5 Å². The molecule has 482 valence electrons. The first-order chi connectivity index (χ1) is 45.5. The Hall–Kier alpha value is -9.76. The van der Waals surface area contributed by atoms with E-state index < -0.39 is 11.8 Å². The molecule has 0 fully saturated rings. The number of benzene rings is 6. The fraction of sp³-hybridized carbons (Fsp3) is 0.257. The molecule has 94 heavy (non-hydrogen) atoms. The van der Waals surface area contributed by atoms with Crippen LogP contribution in [0.4, 0.5) is 27.1 Å². The molecule has 0 aliphatic heterocycles. The van der Waals surface area contributed by atoms with Gasteiger partial charge in [-0.2, -0.15) is 0 Å². The molecular weight excluding hydrogens is 1250 g/mol. The average molecular weight is 1320 g/mol. The van der Waals surface area contributed by atoms with E-state index in [-0.39, 0.29) is 64.9 Å². The van der Waals surface area contributed by atoms with Crippen LogP contribution in [0.1, 0.15) is 163 Å². The lowest BCUT2D eigenvalue weighted by Crippen LogP contribution is -2.17. The number of ketones is 3. The van der Waals surface area contributed by atoms with Crippen LogP contribution in [0.25, 0.3) is 0 Å². The highest BCUT2D eigenvalue weighted by atomic mass is 32.1. The Bertz CT molecular complexity index is 4320. The van der Waals surface area contributed by atoms with Crippen molar-refractivity contribution in [2.45, 2.75) is 103 Å². The number of hydrogen-bond acceptors (Lipinski definition) is 14. The molecule has 6 aromatic carbocycles. The smallest absolute Gasteiger partial charge is 0.337 e. The van der Waals surface area contributed by atoms with Crippen LogP contribution in [0.2, 0.25) is 0 Å². The molecular formula is C74H70FN4O12S3+. The van der Waals surface area contributed by atoms with E-state index in [9.17, 15) is 42.9 Å². The summed E-state index contributed by atoms with van der Waals surface area (Å²) in [6.07, 6.45) is 12.1. The van der Waals surface area contributed by atoms with Gasteiger partial charge in [-0.15, -0.1) is 34.0 Å². The van der Waals surface area contributed by atoms with Crippen LogP contribution in [0.3, 0.4) is 0 Å². The number of rotatable bonds is 19. The van der Waals surface area contributed by atoms with Gasteiger partial charge >= 0.3 is 11.7 Å². The summed E-state index contributed by atoms with van der Waals surface area (Å²) in [5, 5.41) is 17.8. The van der Waals surface area contributed by atoms with Crippen molar-refractivity contribution in [3.05, 3.63) is 247 Å². The number of carbonyl (C=O) groups is 7. The number of Topliss-reactive ketones (excluding diaryl/α,β-unsaturated/α-hetero) is 3. The number of ether oxygens (including phenoxy) is 3. The number of thiophene rings is 3. The van der Waals surface area contributed by atoms with E-state index in [1.807, 2.05) is 67.6 Å². The second-order valence-electron chi connectivity index (χ2n) is 22.9. The van der Waals surface area contributed by atoms with E-state index in [0.29, 0.717) is 60.9 Å². The Labute approximate surface area is 555 Å². The van der Waals surface area contributed by atoms with Crippen molar-refractivity contribution in [3.63, 3.8) is 0 Å². The minimum absolute atomic E-state index is 0.0176. The van der Waals surface area contributed by atoms with Gasteiger partial charge in [-0.3, -0.25) is 28.8 Å². The Balaban J connectivity index is 0.000000154. The molecule has 4 N–H and O–H groups in total. The molecule has 0 saturated carbocycles. The molecule has 0 atom stereocenters. The van der Waals surface area contributed by atoms with Crippen LogP contribution in [0.15, 0.2) is 146 Å². The van der Waals surface area contributed by atoms with Gasteiger partial charge in [-0.25, -0.2) is 14.4 Å². The van der Waals surface area contributed by atoms with E-state index in [2.05, 4.69) is 16.0 Å². The number of hydrogen-bond donors (Lipinski definition) is 4. The number of halogens is 1. The Morgan fingerprint density at radius 1 is 0.457 bits per heavy atom. The Morgan fingerprint density at radius 3 is 1.32 bits per heavy atom. The van der Waals surface area contributed by atoms with E-state index in [1.165, 1.54) is 70.7 Å². The Morgan fingerprint density at radius 2 is 0.872 bits per heavy atom. The lowest BCUT2D eigenvalue weighted by atomic mass is 9.93. The van der Waals surface area contributed by atoms with Gasteiger partial charge in [0.15, 0.2) is 17.3 Å². The first-order valence-electron chi connectivity index (χ1n) is 31.0. The quantitative estimate of drug-likeness (QED) is 0.0337. The highest BCUT2D eigenvalue weighted by Gasteiger charge is 2.31. The number of nitrogens with one attached hydrogen (secondary N) is 3. The molecule has 3 aliphatic rings. The van der Waals surface area contributed by atoms with Gasteiger partial charge < -0.3 is 30.2 Å². The number of carbonyl (C=O) groups excluding carboxylic acids is 7. The average Bonchev–Trinajstić information content (AvgIpc) is 1.67.